The molecule has 2 rings (SSSR count). The maximum atomic E-state index is 12.0. The van der Waals surface area contributed by atoms with Gasteiger partial charge in [-0.05, 0) is 19.1 Å². The Morgan fingerprint density at radius 3 is 2.52 bits per heavy atom. The van der Waals surface area contributed by atoms with Gasteiger partial charge >= 0.3 is 0 Å². The summed E-state index contributed by atoms with van der Waals surface area (Å²) < 4.78 is 0. The first-order valence-corrected chi connectivity index (χ1v) is 6.56. The fourth-order valence-corrected chi connectivity index (χ4v) is 2.07. The predicted octanol–water partition coefficient (Wildman–Crippen LogP) is -1.12. The van der Waals surface area contributed by atoms with Crippen LogP contribution in [0.4, 0.5) is 0 Å². The van der Waals surface area contributed by atoms with Gasteiger partial charge < -0.3 is 9.80 Å². The summed E-state index contributed by atoms with van der Waals surface area (Å²) in [6.07, 6.45) is 1.38. The van der Waals surface area contributed by atoms with Gasteiger partial charge in [-0.1, -0.05) is 0 Å². The van der Waals surface area contributed by atoms with Crippen LogP contribution in [0.1, 0.15) is 23.0 Å². The minimum atomic E-state index is -0.433. The van der Waals surface area contributed by atoms with Crippen LogP contribution in [0.5, 0.6) is 0 Å². The molecule has 8 heteroatoms. The zero-order valence-corrected chi connectivity index (χ0v) is 11.7. The number of nitrogens with one attached hydrogen (secondary N) is 1. The second-order valence-electron chi connectivity index (χ2n) is 4.67. The van der Waals surface area contributed by atoms with E-state index in [2.05, 4.69) is 4.98 Å². The SMILES string of the molecule is CCN1CC(=O)N(Cc2ccc(C(=O)NN)cn2)CC1=O. The molecule has 1 aliphatic rings. The van der Waals surface area contributed by atoms with Gasteiger partial charge in [0.15, 0.2) is 0 Å². The molecule has 112 valence electrons. The fourth-order valence-electron chi connectivity index (χ4n) is 2.07. The number of hydrogen-bond acceptors (Lipinski definition) is 5. The molecule has 1 aliphatic heterocycles. The van der Waals surface area contributed by atoms with Crippen molar-refractivity contribution in [3.8, 4) is 0 Å². The Morgan fingerprint density at radius 2 is 1.95 bits per heavy atom. The predicted molar refractivity (Wildman–Crippen MR) is 73.6 cm³/mol. The number of likely N-dealkylation sites (N-methyl/N-ethyl adjacent to an activating group) is 1. The summed E-state index contributed by atoms with van der Waals surface area (Å²) in [5, 5.41) is 0. The van der Waals surface area contributed by atoms with Gasteiger partial charge in [0, 0.05) is 12.7 Å². The summed E-state index contributed by atoms with van der Waals surface area (Å²) in [5.41, 5.74) is 2.95. The molecule has 0 unspecified atom stereocenters. The molecule has 0 bridgehead atoms. The van der Waals surface area contributed by atoms with E-state index < -0.39 is 5.91 Å². The lowest BCUT2D eigenvalue weighted by Gasteiger charge is -2.33. The lowest BCUT2D eigenvalue weighted by molar-refractivity contribution is -0.150. The van der Waals surface area contributed by atoms with Crippen LogP contribution in [-0.2, 0) is 16.1 Å². The maximum Gasteiger partial charge on any atom is 0.266 e. The van der Waals surface area contributed by atoms with E-state index in [1.165, 1.54) is 16.0 Å². The summed E-state index contributed by atoms with van der Waals surface area (Å²) in [6.45, 7) is 2.76. The van der Waals surface area contributed by atoms with Gasteiger partial charge in [-0.3, -0.25) is 24.8 Å². The summed E-state index contributed by atoms with van der Waals surface area (Å²) in [7, 11) is 0. The van der Waals surface area contributed by atoms with E-state index in [4.69, 9.17) is 5.84 Å². The summed E-state index contributed by atoms with van der Waals surface area (Å²) >= 11 is 0. The van der Waals surface area contributed by atoms with Crippen LogP contribution in [0.15, 0.2) is 18.3 Å². The van der Waals surface area contributed by atoms with Crippen molar-refractivity contribution in [3.05, 3.63) is 29.6 Å². The molecule has 21 heavy (non-hydrogen) atoms. The van der Waals surface area contributed by atoms with E-state index in [1.807, 2.05) is 12.3 Å². The highest BCUT2D eigenvalue weighted by Gasteiger charge is 2.28. The Bertz CT molecular complexity index is 557. The van der Waals surface area contributed by atoms with Crippen molar-refractivity contribution in [2.45, 2.75) is 13.5 Å². The second-order valence-corrected chi connectivity index (χ2v) is 4.67. The van der Waals surface area contributed by atoms with Crippen molar-refractivity contribution in [2.24, 2.45) is 5.84 Å². The van der Waals surface area contributed by atoms with Gasteiger partial charge in [0.1, 0.15) is 6.54 Å². The zero-order chi connectivity index (χ0) is 15.4. The summed E-state index contributed by atoms with van der Waals surface area (Å²) in [4.78, 5) is 42.1. The Labute approximate surface area is 121 Å². The molecule has 1 fully saturated rings. The third kappa shape index (κ3) is 3.34. The van der Waals surface area contributed by atoms with Crippen molar-refractivity contribution in [1.82, 2.24) is 20.2 Å². The van der Waals surface area contributed by atoms with E-state index in [0.717, 1.165) is 0 Å². The van der Waals surface area contributed by atoms with Crippen LogP contribution in [0.3, 0.4) is 0 Å². The van der Waals surface area contributed by atoms with Crippen LogP contribution >= 0.6 is 0 Å². The Morgan fingerprint density at radius 1 is 1.29 bits per heavy atom. The number of carbonyl (C=O) groups excluding carboxylic acids is 3. The number of piperazine rings is 1. The Kier molecular flexibility index (Phi) is 4.49. The van der Waals surface area contributed by atoms with Crippen molar-refractivity contribution in [1.29, 1.82) is 0 Å². The highest BCUT2D eigenvalue weighted by molar-refractivity contribution is 5.93. The van der Waals surface area contributed by atoms with E-state index in [0.29, 0.717) is 17.8 Å². The quantitative estimate of drug-likeness (QED) is 0.415. The van der Waals surface area contributed by atoms with Crippen LogP contribution < -0.4 is 11.3 Å². The average Bonchev–Trinajstić information content (AvgIpc) is 2.50. The number of pyridine rings is 1. The Hall–Kier alpha value is -2.48. The van der Waals surface area contributed by atoms with E-state index >= 15 is 0 Å². The van der Waals surface area contributed by atoms with Crippen LogP contribution in [-0.4, -0.2) is 52.1 Å². The van der Waals surface area contributed by atoms with E-state index in [1.54, 1.807) is 12.1 Å². The molecule has 1 aromatic heterocycles. The standard InChI is InChI=1S/C13H17N5O3/c1-2-17-7-12(20)18(8-11(17)19)6-10-4-3-9(5-15-10)13(21)16-14/h3-5H,2,6-8,14H2,1H3,(H,16,21). The van der Waals surface area contributed by atoms with Crippen LogP contribution in [0.25, 0.3) is 0 Å². The first-order chi connectivity index (χ1) is 10.0. The molecule has 0 aliphatic carbocycles. The van der Waals surface area contributed by atoms with Crippen LogP contribution in [0.2, 0.25) is 0 Å². The molecule has 1 aromatic rings. The molecule has 3 amide bonds. The first-order valence-electron chi connectivity index (χ1n) is 6.56. The molecular formula is C13H17N5O3. The van der Waals surface area contributed by atoms with Crippen molar-refractivity contribution < 1.29 is 14.4 Å². The lowest BCUT2D eigenvalue weighted by atomic mass is 10.2. The van der Waals surface area contributed by atoms with Crippen molar-refractivity contribution in [3.63, 3.8) is 0 Å². The van der Waals surface area contributed by atoms with Gasteiger partial charge in [-0.2, -0.15) is 0 Å². The fraction of sp³-hybridized carbons (Fsp3) is 0.385. The number of nitrogen functional groups attached to an aromatic ring is 1. The molecule has 8 nitrogen and oxygen atoms in total. The smallest absolute Gasteiger partial charge is 0.266 e. The van der Waals surface area contributed by atoms with Gasteiger partial charge in [-0.15, -0.1) is 0 Å². The van der Waals surface area contributed by atoms with Gasteiger partial charge in [0.05, 0.1) is 24.3 Å². The molecule has 0 saturated carbocycles. The van der Waals surface area contributed by atoms with Crippen LogP contribution in [0, 0.1) is 0 Å². The van der Waals surface area contributed by atoms with Gasteiger partial charge in [0.25, 0.3) is 5.91 Å². The monoisotopic (exact) mass is 291 g/mol. The number of aromatic nitrogens is 1. The number of hydrazine groups is 1. The molecule has 1 saturated heterocycles. The number of nitrogens with two attached hydrogens (primary N) is 1. The minimum absolute atomic E-state index is 0.0550. The number of amides is 3. The third-order valence-electron chi connectivity index (χ3n) is 3.31. The van der Waals surface area contributed by atoms with Gasteiger partial charge in [0.2, 0.25) is 11.8 Å². The molecule has 3 N–H and O–H groups in total. The largest absolute Gasteiger partial charge is 0.332 e. The number of rotatable bonds is 4. The normalized spacial score (nSPS) is 15.3. The topological polar surface area (TPSA) is 109 Å². The van der Waals surface area contributed by atoms with Crippen molar-refractivity contribution in [2.75, 3.05) is 19.6 Å². The molecule has 2 heterocycles. The number of hydrogen-bond donors (Lipinski definition) is 2. The van der Waals surface area contributed by atoms with E-state index in [9.17, 15) is 14.4 Å². The molecule has 0 aromatic carbocycles. The molecule has 0 radical (unpaired) electrons. The van der Waals surface area contributed by atoms with E-state index in [-0.39, 0.29) is 31.4 Å². The number of carbonyl (C=O) groups is 3. The van der Waals surface area contributed by atoms with Crippen molar-refractivity contribution >= 4 is 17.7 Å². The average molecular weight is 291 g/mol. The first kappa shape index (κ1) is 14.9. The highest BCUT2D eigenvalue weighted by Crippen LogP contribution is 2.09. The number of nitrogens with zero attached hydrogens (tertiary/aromatic N) is 3. The Balaban J connectivity index is 2.03. The maximum absolute atomic E-state index is 12.0. The second kappa shape index (κ2) is 6.31. The highest BCUT2D eigenvalue weighted by atomic mass is 16.2. The molecule has 0 spiro atoms. The molecular weight excluding hydrogens is 274 g/mol. The summed E-state index contributed by atoms with van der Waals surface area (Å²) in [5.74, 6) is 4.41. The van der Waals surface area contributed by atoms with Gasteiger partial charge in [-0.25, -0.2) is 5.84 Å². The summed E-state index contributed by atoms with van der Waals surface area (Å²) in [6, 6.07) is 3.20. The minimum Gasteiger partial charge on any atom is -0.332 e. The third-order valence-corrected chi connectivity index (χ3v) is 3.31. The molecule has 0 atom stereocenters. The zero-order valence-electron chi connectivity index (χ0n) is 11.7. The lowest BCUT2D eigenvalue weighted by Crippen LogP contribution is -2.53.